The Labute approximate surface area is 368 Å². The van der Waals surface area contributed by atoms with E-state index < -0.39 is 108 Å². The Bertz CT molecular complexity index is 1810. The maximum atomic E-state index is 14.1. The van der Waals surface area contributed by atoms with Crippen molar-refractivity contribution in [2.24, 2.45) is 23.3 Å². The molecular weight excluding hydrogens is 850 g/mol. The number of ether oxygens (including phenoxy) is 4. The summed E-state index contributed by atoms with van der Waals surface area (Å²) in [6.45, 7) is 7.46. The largest absolute Gasteiger partial charge is 0.479 e. The van der Waals surface area contributed by atoms with Gasteiger partial charge in [0.25, 0.3) is 0 Å². The number of aliphatic carboxylic acids is 1. The number of nitrogens with two attached hydrogens (primary N) is 2. The van der Waals surface area contributed by atoms with E-state index in [0.29, 0.717) is 0 Å². The van der Waals surface area contributed by atoms with Crippen molar-refractivity contribution in [2.75, 3.05) is 25.1 Å². The highest BCUT2D eigenvalue weighted by molar-refractivity contribution is 6.00. The van der Waals surface area contributed by atoms with Crippen molar-refractivity contribution in [3.63, 3.8) is 0 Å². The van der Waals surface area contributed by atoms with Gasteiger partial charge in [-0.25, -0.2) is 9.59 Å². The molecule has 13 N–H and O–H groups in total. The summed E-state index contributed by atoms with van der Waals surface area (Å²) in [5.74, 6) is -7.79. The smallest absolute Gasteiger partial charge is 0.335 e. The van der Waals surface area contributed by atoms with Crippen LogP contribution < -0.4 is 42.8 Å². The normalized spacial score (nSPS) is 19.6. The van der Waals surface area contributed by atoms with Crippen LogP contribution in [0.15, 0.2) is 18.2 Å². The van der Waals surface area contributed by atoms with Gasteiger partial charge < -0.3 is 77.4 Å². The minimum atomic E-state index is -2.05. The molecule has 7 amide bonds. The van der Waals surface area contributed by atoms with Gasteiger partial charge >= 0.3 is 18.0 Å². The number of anilines is 1. The Morgan fingerprint density at radius 1 is 0.797 bits per heavy atom. The van der Waals surface area contributed by atoms with Gasteiger partial charge in [0.2, 0.25) is 35.8 Å². The molecule has 2 rings (SSSR count). The highest BCUT2D eigenvalue weighted by Gasteiger charge is 2.48. The molecule has 8 atom stereocenters. The lowest BCUT2D eigenvalue weighted by Crippen LogP contribution is -2.61. The standard InChI is InChI=1S/C40H61N7O17/c1-19(2)29(47-35(55)25(10-11-27(41)49)44-28(50)13-16-61-15-12-21(5)48)36(56)46-24(7-6-14-43-40(42)60)34(54)45-23-9-8-22(18-62-38(59)20(3)4)17-26(23)63-39-32(53)30(51)31(52)33(64-39)37(57)58/h8-9,17,19-20,24-25,29-33,39,51-53H,6-7,10-16,18H2,1-5H3,(H2,41,49)(H,44,50)(H,45,54)(H,46,56)(H,47,55)(H,57,58)(H3,42,43,60)/t24-,25-,29-,30-,31-,32+,33-,39+/m0/s1. The Kier molecular flexibility index (Phi) is 22.5. The van der Waals surface area contributed by atoms with E-state index in [1.165, 1.54) is 25.1 Å². The van der Waals surface area contributed by atoms with Gasteiger partial charge in [-0.15, -0.1) is 0 Å². The monoisotopic (exact) mass is 911 g/mol. The van der Waals surface area contributed by atoms with Crippen LogP contribution in [0.4, 0.5) is 10.5 Å². The molecule has 0 unspecified atom stereocenters. The zero-order valence-electron chi connectivity index (χ0n) is 36.3. The van der Waals surface area contributed by atoms with E-state index in [4.69, 9.17) is 30.4 Å². The predicted octanol–water partition coefficient (Wildman–Crippen LogP) is -2.19. The fourth-order valence-electron chi connectivity index (χ4n) is 5.81. The molecule has 24 nitrogen and oxygen atoms in total. The molecule has 0 spiro atoms. The summed E-state index contributed by atoms with van der Waals surface area (Å²) in [5, 5.41) is 53.3. The van der Waals surface area contributed by atoms with Crippen LogP contribution in [-0.4, -0.2) is 142 Å². The summed E-state index contributed by atoms with van der Waals surface area (Å²) in [5.41, 5.74) is 10.6. The minimum absolute atomic E-state index is 0.0314. The molecule has 0 aliphatic carbocycles. The number of esters is 1. The highest BCUT2D eigenvalue weighted by Crippen LogP contribution is 2.31. The van der Waals surface area contributed by atoms with Crippen LogP contribution in [0.1, 0.15) is 78.7 Å². The van der Waals surface area contributed by atoms with Gasteiger partial charge in [0.05, 0.1) is 24.8 Å². The molecule has 64 heavy (non-hydrogen) atoms. The van der Waals surface area contributed by atoms with E-state index >= 15 is 0 Å². The number of carbonyl (C=O) groups is 9. The highest BCUT2D eigenvalue weighted by atomic mass is 16.7. The molecule has 1 saturated heterocycles. The molecule has 1 aromatic carbocycles. The third-order valence-corrected chi connectivity index (χ3v) is 9.46. The number of hydrogen-bond acceptors (Lipinski definition) is 16. The van der Waals surface area contributed by atoms with Crippen molar-refractivity contribution in [1.29, 1.82) is 0 Å². The second-order valence-corrected chi connectivity index (χ2v) is 15.6. The van der Waals surface area contributed by atoms with Gasteiger partial charge in [-0.3, -0.25) is 33.6 Å². The second kappa shape index (κ2) is 26.6. The lowest BCUT2D eigenvalue weighted by Gasteiger charge is -2.38. The van der Waals surface area contributed by atoms with Crippen LogP contribution in [0.3, 0.4) is 0 Å². The van der Waals surface area contributed by atoms with E-state index in [1.54, 1.807) is 27.7 Å². The number of carbonyl (C=O) groups excluding carboxylic acids is 8. The van der Waals surface area contributed by atoms with Crippen molar-refractivity contribution in [2.45, 2.75) is 129 Å². The fourth-order valence-corrected chi connectivity index (χ4v) is 5.81. The number of carboxylic acid groups (broad SMARTS) is 1. The molecule has 1 heterocycles. The lowest BCUT2D eigenvalue weighted by molar-refractivity contribution is -0.271. The summed E-state index contributed by atoms with van der Waals surface area (Å²) >= 11 is 0. The Balaban J connectivity index is 2.42. The lowest BCUT2D eigenvalue weighted by atomic mass is 9.99. The average Bonchev–Trinajstić information content (AvgIpc) is 3.21. The third kappa shape index (κ3) is 18.4. The van der Waals surface area contributed by atoms with Gasteiger partial charge in [0, 0.05) is 25.8 Å². The molecule has 24 heteroatoms. The maximum absolute atomic E-state index is 14.1. The van der Waals surface area contributed by atoms with Crippen molar-refractivity contribution in [1.82, 2.24) is 21.3 Å². The van der Waals surface area contributed by atoms with E-state index in [0.717, 1.165) is 0 Å². The average molecular weight is 912 g/mol. The first-order chi connectivity index (χ1) is 30.0. The second-order valence-electron chi connectivity index (χ2n) is 15.6. The molecule has 0 saturated carbocycles. The van der Waals surface area contributed by atoms with Crippen LogP contribution in [0.5, 0.6) is 5.75 Å². The van der Waals surface area contributed by atoms with Crippen molar-refractivity contribution >= 4 is 59.0 Å². The quantitative estimate of drug-likeness (QED) is 0.0330. The molecule has 358 valence electrons. The van der Waals surface area contributed by atoms with Crippen LogP contribution in [0, 0.1) is 11.8 Å². The van der Waals surface area contributed by atoms with Gasteiger partial charge in [-0.05, 0) is 49.8 Å². The number of aliphatic hydroxyl groups excluding tert-OH is 3. The Morgan fingerprint density at radius 2 is 1.45 bits per heavy atom. The van der Waals surface area contributed by atoms with Crippen molar-refractivity contribution < 1.29 is 82.5 Å². The number of Topliss-reactive ketones (excluding diaryl/α,β-unsaturated/α-hetero) is 1. The topological polar surface area (TPSA) is 384 Å². The van der Waals surface area contributed by atoms with Gasteiger partial charge in [-0.1, -0.05) is 33.8 Å². The van der Waals surface area contributed by atoms with Crippen molar-refractivity contribution in [3.05, 3.63) is 23.8 Å². The molecule has 1 aliphatic heterocycles. The molecule has 1 fully saturated rings. The molecule has 1 aromatic rings. The zero-order chi connectivity index (χ0) is 48.3. The number of hydrogen-bond donors (Lipinski definition) is 11. The summed E-state index contributed by atoms with van der Waals surface area (Å²) in [6, 6.07) is -0.963. The number of urea groups is 1. The summed E-state index contributed by atoms with van der Waals surface area (Å²) in [4.78, 5) is 112. The number of carboxylic acids is 1. The third-order valence-electron chi connectivity index (χ3n) is 9.46. The summed E-state index contributed by atoms with van der Waals surface area (Å²) in [6.07, 6.45) is -10.7. The molecule has 0 radical (unpaired) electrons. The summed E-state index contributed by atoms with van der Waals surface area (Å²) < 4.78 is 21.6. The SMILES string of the molecule is CC(=O)CCOCCC(=O)N[C@@H](CCC(N)=O)C(=O)N[C@H](C(=O)N[C@@H](CCCNC(N)=O)C(=O)Nc1ccc(COC(=O)C(C)C)cc1O[C@@H]1O[C@H](C(=O)O)[C@@H](O)[C@H](O)[C@H]1O)C(C)C. The van der Waals surface area contributed by atoms with Gasteiger partial charge in [-0.2, -0.15) is 0 Å². The first-order valence-electron chi connectivity index (χ1n) is 20.5. The van der Waals surface area contributed by atoms with Crippen LogP contribution in [-0.2, 0) is 59.2 Å². The molecule has 0 aromatic heterocycles. The van der Waals surface area contributed by atoms with Crippen LogP contribution in [0.2, 0.25) is 0 Å². The molecular formula is C40H61N7O17. The number of primary amides is 2. The predicted molar refractivity (Wildman–Crippen MR) is 221 cm³/mol. The zero-order valence-corrected chi connectivity index (χ0v) is 36.3. The minimum Gasteiger partial charge on any atom is -0.479 e. The molecule has 0 bridgehead atoms. The first-order valence-corrected chi connectivity index (χ1v) is 20.5. The van der Waals surface area contributed by atoms with E-state index in [2.05, 4.69) is 26.6 Å². The van der Waals surface area contributed by atoms with Gasteiger partial charge in [0.1, 0.15) is 54.6 Å². The van der Waals surface area contributed by atoms with E-state index in [9.17, 15) is 63.6 Å². The Morgan fingerprint density at radius 3 is 2.05 bits per heavy atom. The van der Waals surface area contributed by atoms with Crippen LogP contribution in [0.25, 0.3) is 0 Å². The number of nitrogens with one attached hydrogen (secondary N) is 5. The van der Waals surface area contributed by atoms with E-state index in [1.807, 2.05) is 0 Å². The number of rotatable bonds is 27. The molecule has 1 aliphatic rings. The first kappa shape index (κ1) is 54.2. The Hall–Kier alpha value is -5.95. The van der Waals surface area contributed by atoms with Crippen molar-refractivity contribution in [3.8, 4) is 5.75 Å². The number of aliphatic hydroxyl groups is 3. The summed E-state index contributed by atoms with van der Waals surface area (Å²) in [7, 11) is 0. The van der Waals surface area contributed by atoms with E-state index in [-0.39, 0.29) is 87.7 Å². The number of amides is 7. The van der Waals surface area contributed by atoms with Gasteiger partial charge in [0.15, 0.2) is 6.10 Å². The maximum Gasteiger partial charge on any atom is 0.335 e. The van der Waals surface area contributed by atoms with Crippen LogP contribution >= 0.6 is 0 Å². The number of ketones is 1. The number of benzene rings is 1. The fraction of sp³-hybridized carbons (Fsp3) is 0.625.